The molecule has 5 nitrogen and oxygen atoms in total. The van der Waals surface area contributed by atoms with E-state index in [0.29, 0.717) is 35.0 Å². The SMILES string of the molecule is CCOc1ncc(C(=O)N2CC(C)C(N(C)C)C2)cc1Cl. The Morgan fingerprint density at radius 3 is 2.76 bits per heavy atom. The Bertz CT molecular complexity index is 522. The van der Waals surface area contributed by atoms with Gasteiger partial charge in [0.25, 0.3) is 5.91 Å². The van der Waals surface area contributed by atoms with Crippen LogP contribution in [0.15, 0.2) is 12.3 Å². The minimum Gasteiger partial charge on any atom is -0.477 e. The molecule has 0 bridgehead atoms. The van der Waals surface area contributed by atoms with Crippen LogP contribution in [-0.4, -0.2) is 60.5 Å². The number of aromatic nitrogens is 1. The highest BCUT2D eigenvalue weighted by Crippen LogP contribution is 2.25. The first-order chi connectivity index (χ1) is 9.93. The topological polar surface area (TPSA) is 45.7 Å². The summed E-state index contributed by atoms with van der Waals surface area (Å²) in [4.78, 5) is 20.7. The van der Waals surface area contributed by atoms with Gasteiger partial charge in [-0.15, -0.1) is 0 Å². The molecule has 1 fully saturated rings. The van der Waals surface area contributed by atoms with Crippen molar-refractivity contribution >= 4 is 17.5 Å². The summed E-state index contributed by atoms with van der Waals surface area (Å²) >= 11 is 6.10. The number of halogens is 1. The van der Waals surface area contributed by atoms with Gasteiger partial charge in [-0.05, 0) is 33.0 Å². The van der Waals surface area contributed by atoms with Gasteiger partial charge in [0.15, 0.2) is 0 Å². The van der Waals surface area contributed by atoms with E-state index in [-0.39, 0.29) is 5.91 Å². The molecule has 1 amide bonds. The van der Waals surface area contributed by atoms with Crippen LogP contribution in [0.3, 0.4) is 0 Å². The second-order valence-electron chi connectivity index (χ2n) is 5.66. The number of hydrogen-bond acceptors (Lipinski definition) is 4. The molecular weight excluding hydrogens is 290 g/mol. The third-order valence-corrected chi connectivity index (χ3v) is 4.13. The van der Waals surface area contributed by atoms with Gasteiger partial charge in [-0.1, -0.05) is 18.5 Å². The second-order valence-corrected chi connectivity index (χ2v) is 6.07. The van der Waals surface area contributed by atoms with E-state index < -0.39 is 0 Å². The van der Waals surface area contributed by atoms with Crippen LogP contribution < -0.4 is 4.74 Å². The lowest BCUT2D eigenvalue weighted by Gasteiger charge is -2.22. The number of carbonyl (C=O) groups is 1. The number of likely N-dealkylation sites (tertiary alicyclic amines) is 1. The Morgan fingerprint density at radius 1 is 1.52 bits per heavy atom. The molecule has 0 N–H and O–H groups in total. The number of carbonyl (C=O) groups excluding carboxylic acids is 1. The fourth-order valence-corrected chi connectivity index (χ4v) is 2.98. The van der Waals surface area contributed by atoms with Crippen molar-refractivity contribution in [2.75, 3.05) is 33.8 Å². The highest BCUT2D eigenvalue weighted by Gasteiger charge is 2.34. The summed E-state index contributed by atoms with van der Waals surface area (Å²) in [5.41, 5.74) is 0.509. The molecule has 0 aromatic carbocycles. The molecule has 1 aliphatic heterocycles. The molecule has 0 spiro atoms. The van der Waals surface area contributed by atoms with Crippen LogP contribution in [0.5, 0.6) is 5.88 Å². The van der Waals surface area contributed by atoms with Gasteiger partial charge in [-0.3, -0.25) is 4.79 Å². The van der Waals surface area contributed by atoms with Crippen LogP contribution in [0.2, 0.25) is 5.02 Å². The molecule has 0 radical (unpaired) electrons. The van der Waals surface area contributed by atoms with Crippen molar-refractivity contribution in [3.05, 3.63) is 22.8 Å². The summed E-state index contributed by atoms with van der Waals surface area (Å²) in [5.74, 6) is 0.801. The van der Waals surface area contributed by atoms with Crippen molar-refractivity contribution in [1.82, 2.24) is 14.8 Å². The standard InChI is InChI=1S/C15H22ClN3O2/c1-5-21-14-12(16)6-11(7-17-14)15(20)19-8-10(2)13(9-19)18(3)4/h6-7,10,13H,5,8-9H2,1-4H3. The molecule has 0 aliphatic carbocycles. The number of likely N-dealkylation sites (N-methyl/N-ethyl adjacent to an activating group) is 1. The van der Waals surface area contributed by atoms with Gasteiger partial charge in [-0.2, -0.15) is 0 Å². The zero-order chi connectivity index (χ0) is 15.6. The lowest BCUT2D eigenvalue weighted by molar-refractivity contribution is 0.0781. The van der Waals surface area contributed by atoms with E-state index in [9.17, 15) is 4.79 Å². The molecule has 2 rings (SSSR count). The van der Waals surface area contributed by atoms with Gasteiger partial charge in [0, 0.05) is 25.3 Å². The fourth-order valence-electron chi connectivity index (χ4n) is 2.76. The molecular formula is C15H22ClN3O2. The minimum absolute atomic E-state index is 0.0244. The van der Waals surface area contributed by atoms with Crippen LogP contribution in [0, 0.1) is 5.92 Å². The molecule has 116 valence electrons. The first-order valence-electron chi connectivity index (χ1n) is 7.18. The van der Waals surface area contributed by atoms with E-state index in [4.69, 9.17) is 16.3 Å². The molecule has 21 heavy (non-hydrogen) atoms. The normalized spacial score (nSPS) is 21.9. The van der Waals surface area contributed by atoms with Crippen molar-refractivity contribution in [3.63, 3.8) is 0 Å². The highest BCUT2D eigenvalue weighted by atomic mass is 35.5. The van der Waals surface area contributed by atoms with Gasteiger partial charge in [0.05, 0.1) is 12.2 Å². The maximum absolute atomic E-state index is 12.5. The monoisotopic (exact) mass is 311 g/mol. The van der Waals surface area contributed by atoms with Crippen LogP contribution in [-0.2, 0) is 0 Å². The van der Waals surface area contributed by atoms with Crippen molar-refractivity contribution in [2.45, 2.75) is 19.9 Å². The number of nitrogens with zero attached hydrogens (tertiary/aromatic N) is 3. The van der Waals surface area contributed by atoms with Crippen LogP contribution >= 0.6 is 11.6 Å². The van der Waals surface area contributed by atoms with Crippen molar-refractivity contribution in [3.8, 4) is 5.88 Å². The van der Waals surface area contributed by atoms with E-state index >= 15 is 0 Å². The molecule has 2 heterocycles. The highest BCUT2D eigenvalue weighted by molar-refractivity contribution is 6.32. The maximum atomic E-state index is 12.5. The summed E-state index contributed by atoms with van der Waals surface area (Å²) in [5, 5.41) is 0.374. The molecule has 2 unspecified atom stereocenters. The Labute approximate surface area is 130 Å². The predicted octanol–water partition coefficient (Wildman–Crippen LogP) is 2.16. The average molecular weight is 312 g/mol. The van der Waals surface area contributed by atoms with Crippen molar-refractivity contribution in [2.24, 2.45) is 5.92 Å². The molecule has 1 aliphatic rings. The number of amides is 1. The predicted molar refractivity (Wildman–Crippen MR) is 83.0 cm³/mol. The van der Waals surface area contributed by atoms with Gasteiger partial charge < -0.3 is 14.5 Å². The van der Waals surface area contributed by atoms with E-state index in [1.807, 2.05) is 25.9 Å². The number of pyridine rings is 1. The number of hydrogen-bond donors (Lipinski definition) is 0. The Hall–Kier alpha value is -1.33. The largest absolute Gasteiger partial charge is 0.477 e. The minimum atomic E-state index is -0.0244. The zero-order valence-electron chi connectivity index (χ0n) is 13.0. The summed E-state index contributed by atoms with van der Waals surface area (Å²) in [6, 6.07) is 2.02. The lowest BCUT2D eigenvalue weighted by atomic mass is 10.1. The Balaban J connectivity index is 2.12. The molecule has 6 heteroatoms. The number of ether oxygens (including phenoxy) is 1. The fraction of sp³-hybridized carbons (Fsp3) is 0.600. The summed E-state index contributed by atoms with van der Waals surface area (Å²) in [6.07, 6.45) is 1.53. The zero-order valence-corrected chi connectivity index (χ0v) is 13.7. The van der Waals surface area contributed by atoms with Crippen molar-refractivity contribution in [1.29, 1.82) is 0 Å². The molecule has 1 saturated heterocycles. The third kappa shape index (κ3) is 3.47. The molecule has 1 aromatic rings. The molecule has 2 atom stereocenters. The van der Waals surface area contributed by atoms with Crippen LogP contribution in [0.4, 0.5) is 0 Å². The Morgan fingerprint density at radius 2 is 2.24 bits per heavy atom. The van der Waals surface area contributed by atoms with E-state index in [0.717, 1.165) is 13.1 Å². The Kier molecular flexibility index (Phi) is 5.06. The first kappa shape index (κ1) is 16.0. The smallest absolute Gasteiger partial charge is 0.255 e. The summed E-state index contributed by atoms with van der Waals surface area (Å²) < 4.78 is 5.29. The van der Waals surface area contributed by atoms with Crippen LogP contribution in [0.1, 0.15) is 24.2 Å². The van der Waals surface area contributed by atoms with Gasteiger partial charge in [-0.25, -0.2) is 4.98 Å². The van der Waals surface area contributed by atoms with Gasteiger partial charge in [0.2, 0.25) is 5.88 Å². The van der Waals surface area contributed by atoms with Crippen LogP contribution in [0.25, 0.3) is 0 Å². The van der Waals surface area contributed by atoms with Gasteiger partial charge in [0.1, 0.15) is 5.02 Å². The summed E-state index contributed by atoms with van der Waals surface area (Å²) in [7, 11) is 4.09. The van der Waals surface area contributed by atoms with E-state index in [2.05, 4.69) is 16.8 Å². The number of rotatable bonds is 4. The lowest BCUT2D eigenvalue weighted by Crippen LogP contribution is -2.35. The van der Waals surface area contributed by atoms with Gasteiger partial charge >= 0.3 is 0 Å². The first-order valence-corrected chi connectivity index (χ1v) is 7.55. The molecule has 0 saturated carbocycles. The van der Waals surface area contributed by atoms with E-state index in [1.165, 1.54) is 6.20 Å². The van der Waals surface area contributed by atoms with E-state index in [1.54, 1.807) is 6.07 Å². The second kappa shape index (κ2) is 6.62. The third-order valence-electron chi connectivity index (χ3n) is 3.86. The average Bonchev–Trinajstić information content (AvgIpc) is 2.82. The van der Waals surface area contributed by atoms with Crippen molar-refractivity contribution < 1.29 is 9.53 Å². The molecule has 1 aromatic heterocycles. The maximum Gasteiger partial charge on any atom is 0.255 e. The quantitative estimate of drug-likeness (QED) is 0.855. The summed E-state index contributed by atoms with van der Waals surface area (Å²) in [6.45, 7) is 6.02.